The number of carbonyl (C=O) groups is 1. The molecule has 0 heterocycles. The molecule has 3 rings (SSSR count). The van der Waals surface area contributed by atoms with Crippen LogP contribution in [0.2, 0.25) is 0 Å². The predicted molar refractivity (Wildman–Crippen MR) is 80.7 cm³/mol. The molecule has 0 saturated carbocycles. The molecule has 0 aromatic heterocycles. The minimum atomic E-state index is -0.464. The summed E-state index contributed by atoms with van der Waals surface area (Å²) >= 11 is 0. The van der Waals surface area contributed by atoms with Crippen LogP contribution < -0.4 is 16.8 Å². The number of hydrogen-bond donors (Lipinski definition) is 3. The number of nitrogens with two attached hydrogens (primary N) is 2. The van der Waals surface area contributed by atoms with E-state index in [1.165, 1.54) is 11.1 Å². The average molecular weight is 267 g/mol. The van der Waals surface area contributed by atoms with Crippen molar-refractivity contribution in [1.29, 1.82) is 0 Å². The normalized spacial score (nSPS) is 16.1. The van der Waals surface area contributed by atoms with E-state index in [1.807, 2.05) is 0 Å². The Morgan fingerprint density at radius 2 is 2.05 bits per heavy atom. The topological polar surface area (TPSA) is 81.1 Å². The second-order valence-electron chi connectivity index (χ2n) is 5.15. The van der Waals surface area contributed by atoms with E-state index in [2.05, 4.69) is 29.6 Å². The number of primary amides is 1. The number of nitrogens with one attached hydrogen (secondary N) is 1. The van der Waals surface area contributed by atoms with Crippen molar-refractivity contribution in [2.75, 3.05) is 17.6 Å². The van der Waals surface area contributed by atoms with E-state index in [9.17, 15) is 4.79 Å². The van der Waals surface area contributed by atoms with E-state index in [0.717, 1.165) is 18.7 Å². The zero-order valence-corrected chi connectivity index (χ0v) is 11.1. The van der Waals surface area contributed by atoms with Gasteiger partial charge < -0.3 is 16.8 Å². The van der Waals surface area contributed by atoms with E-state index in [0.29, 0.717) is 17.2 Å². The van der Waals surface area contributed by atoms with Crippen molar-refractivity contribution in [3.05, 3.63) is 59.2 Å². The lowest BCUT2D eigenvalue weighted by atomic mass is 9.77. The maximum absolute atomic E-state index is 11.4. The maximum Gasteiger partial charge on any atom is 0.250 e. The molecule has 1 aliphatic carbocycles. The third-order valence-electron chi connectivity index (χ3n) is 3.81. The third kappa shape index (κ3) is 2.20. The van der Waals surface area contributed by atoms with E-state index >= 15 is 0 Å². The molecule has 2 aromatic carbocycles. The van der Waals surface area contributed by atoms with Gasteiger partial charge >= 0.3 is 0 Å². The Morgan fingerprint density at radius 1 is 1.25 bits per heavy atom. The lowest BCUT2D eigenvalue weighted by Gasteiger charge is -2.30. The number of nitrogen functional groups attached to an aromatic ring is 1. The van der Waals surface area contributed by atoms with Crippen LogP contribution in [0.25, 0.3) is 0 Å². The first kappa shape index (κ1) is 12.5. The maximum atomic E-state index is 11.4. The van der Waals surface area contributed by atoms with Crippen LogP contribution in [-0.2, 0) is 6.42 Å². The zero-order valence-electron chi connectivity index (χ0n) is 11.1. The minimum Gasteiger partial charge on any atom is -0.399 e. The number of benzene rings is 2. The van der Waals surface area contributed by atoms with Gasteiger partial charge in [0, 0.05) is 23.8 Å². The average Bonchev–Trinajstić information content (AvgIpc) is 2.41. The standard InChI is InChI=1S/C16H17N3O/c17-12-5-6-15(14(8-12)16(18)20)19-9-11-7-10-3-1-2-4-13(10)11/h1-6,8,11,19H,7,9,17H2,(H2,18,20). The van der Waals surface area contributed by atoms with Gasteiger partial charge in [0.25, 0.3) is 5.91 Å². The summed E-state index contributed by atoms with van der Waals surface area (Å²) < 4.78 is 0. The van der Waals surface area contributed by atoms with Crippen LogP contribution in [0, 0.1) is 0 Å². The lowest BCUT2D eigenvalue weighted by molar-refractivity contribution is 0.100. The highest BCUT2D eigenvalue weighted by atomic mass is 16.1. The van der Waals surface area contributed by atoms with Gasteiger partial charge in [-0.1, -0.05) is 24.3 Å². The molecule has 5 N–H and O–H groups in total. The highest BCUT2D eigenvalue weighted by Crippen LogP contribution is 2.35. The second kappa shape index (κ2) is 4.89. The van der Waals surface area contributed by atoms with E-state index < -0.39 is 5.91 Å². The summed E-state index contributed by atoms with van der Waals surface area (Å²) in [5, 5.41) is 3.31. The Labute approximate surface area is 117 Å². The highest BCUT2D eigenvalue weighted by Gasteiger charge is 2.25. The van der Waals surface area contributed by atoms with E-state index in [1.54, 1.807) is 18.2 Å². The van der Waals surface area contributed by atoms with Crippen LogP contribution in [-0.4, -0.2) is 12.5 Å². The summed E-state index contributed by atoms with van der Waals surface area (Å²) in [5.41, 5.74) is 15.6. The smallest absolute Gasteiger partial charge is 0.250 e. The highest BCUT2D eigenvalue weighted by molar-refractivity contribution is 5.99. The molecule has 0 fully saturated rings. The fourth-order valence-electron chi connectivity index (χ4n) is 2.70. The van der Waals surface area contributed by atoms with Crippen LogP contribution >= 0.6 is 0 Å². The zero-order chi connectivity index (χ0) is 14.1. The molecular formula is C16H17N3O. The molecule has 4 nitrogen and oxygen atoms in total. The molecule has 0 radical (unpaired) electrons. The Balaban J connectivity index is 1.73. The van der Waals surface area contributed by atoms with Gasteiger partial charge in [-0.3, -0.25) is 4.79 Å². The van der Waals surface area contributed by atoms with Crippen molar-refractivity contribution in [1.82, 2.24) is 0 Å². The summed E-state index contributed by atoms with van der Waals surface area (Å²) in [6.45, 7) is 0.793. The molecule has 1 atom stereocenters. The van der Waals surface area contributed by atoms with E-state index in [4.69, 9.17) is 11.5 Å². The van der Waals surface area contributed by atoms with Crippen molar-refractivity contribution >= 4 is 17.3 Å². The molecule has 4 heteroatoms. The van der Waals surface area contributed by atoms with Crippen LogP contribution in [0.5, 0.6) is 0 Å². The minimum absolute atomic E-state index is 0.442. The van der Waals surface area contributed by atoms with Gasteiger partial charge in [0.15, 0.2) is 0 Å². The predicted octanol–water partition coefficient (Wildman–Crippen LogP) is 2.12. The van der Waals surface area contributed by atoms with Gasteiger partial charge in [-0.2, -0.15) is 0 Å². The largest absolute Gasteiger partial charge is 0.399 e. The first-order valence-electron chi connectivity index (χ1n) is 6.66. The first-order chi connectivity index (χ1) is 9.65. The summed E-state index contributed by atoms with van der Waals surface area (Å²) in [5.74, 6) is 0.0262. The van der Waals surface area contributed by atoms with Crippen LogP contribution in [0.4, 0.5) is 11.4 Å². The van der Waals surface area contributed by atoms with Gasteiger partial charge in [-0.25, -0.2) is 0 Å². The molecule has 2 aromatic rings. The van der Waals surface area contributed by atoms with Gasteiger partial charge in [-0.05, 0) is 35.7 Å². The fourth-order valence-corrected chi connectivity index (χ4v) is 2.70. The van der Waals surface area contributed by atoms with Crippen LogP contribution in [0.3, 0.4) is 0 Å². The van der Waals surface area contributed by atoms with Crippen LogP contribution in [0.15, 0.2) is 42.5 Å². The van der Waals surface area contributed by atoms with E-state index in [-0.39, 0.29) is 0 Å². The number of fused-ring (bicyclic) bond motifs is 1. The molecule has 20 heavy (non-hydrogen) atoms. The quantitative estimate of drug-likeness (QED) is 0.742. The monoisotopic (exact) mass is 267 g/mol. The number of anilines is 2. The van der Waals surface area contributed by atoms with Crippen LogP contribution in [0.1, 0.15) is 27.4 Å². The Morgan fingerprint density at radius 3 is 2.80 bits per heavy atom. The van der Waals surface area contributed by atoms with Gasteiger partial charge in [0.1, 0.15) is 0 Å². The third-order valence-corrected chi connectivity index (χ3v) is 3.81. The second-order valence-corrected chi connectivity index (χ2v) is 5.15. The molecule has 1 aliphatic rings. The fraction of sp³-hybridized carbons (Fsp3) is 0.188. The molecule has 0 spiro atoms. The molecule has 102 valence electrons. The van der Waals surface area contributed by atoms with Crippen molar-refractivity contribution in [3.63, 3.8) is 0 Å². The SMILES string of the molecule is NC(=O)c1cc(N)ccc1NCC1Cc2ccccc21. The molecular weight excluding hydrogens is 250 g/mol. The van der Waals surface area contributed by atoms with Crippen molar-refractivity contribution in [3.8, 4) is 0 Å². The van der Waals surface area contributed by atoms with Gasteiger partial charge in [0.05, 0.1) is 5.56 Å². The van der Waals surface area contributed by atoms with Crippen molar-refractivity contribution in [2.24, 2.45) is 5.73 Å². The summed E-state index contributed by atoms with van der Waals surface area (Å²) in [6.07, 6.45) is 1.07. The summed E-state index contributed by atoms with van der Waals surface area (Å²) in [7, 11) is 0. The Bertz CT molecular complexity index is 667. The molecule has 1 amide bonds. The first-order valence-corrected chi connectivity index (χ1v) is 6.66. The van der Waals surface area contributed by atoms with Gasteiger partial charge in [-0.15, -0.1) is 0 Å². The summed E-state index contributed by atoms with van der Waals surface area (Å²) in [4.78, 5) is 11.4. The molecule has 0 saturated heterocycles. The lowest BCUT2D eigenvalue weighted by Crippen LogP contribution is -2.25. The summed E-state index contributed by atoms with van der Waals surface area (Å²) in [6, 6.07) is 13.6. The van der Waals surface area contributed by atoms with Crippen molar-refractivity contribution in [2.45, 2.75) is 12.3 Å². The number of hydrogen-bond acceptors (Lipinski definition) is 3. The Kier molecular flexibility index (Phi) is 3.06. The molecule has 1 unspecified atom stereocenters. The number of amides is 1. The number of carbonyl (C=O) groups excluding carboxylic acids is 1. The number of rotatable bonds is 4. The Hall–Kier alpha value is -2.49. The molecule has 0 bridgehead atoms. The van der Waals surface area contributed by atoms with Crippen molar-refractivity contribution < 1.29 is 4.79 Å². The molecule has 0 aliphatic heterocycles. The van der Waals surface area contributed by atoms with Gasteiger partial charge in [0.2, 0.25) is 0 Å².